The van der Waals surface area contributed by atoms with Crippen molar-refractivity contribution in [3.63, 3.8) is 0 Å². The van der Waals surface area contributed by atoms with E-state index in [-0.39, 0.29) is 5.91 Å². The molecule has 0 fully saturated rings. The van der Waals surface area contributed by atoms with Crippen LogP contribution < -0.4 is 4.74 Å². The number of aromatic nitrogens is 4. The van der Waals surface area contributed by atoms with E-state index in [1.54, 1.807) is 19.2 Å². The molecule has 1 aliphatic rings. The number of carbonyl (C=O) groups is 1. The first-order valence-electron chi connectivity index (χ1n) is 10.5. The summed E-state index contributed by atoms with van der Waals surface area (Å²) in [7, 11) is 3.50. The molecule has 0 unspecified atom stereocenters. The number of nitrogens with zero attached hydrogens (tertiary/aromatic N) is 5. The third-order valence-corrected chi connectivity index (χ3v) is 5.72. The van der Waals surface area contributed by atoms with Gasteiger partial charge in [0.15, 0.2) is 11.5 Å². The molecule has 8 heteroatoms. The Morgan fingerprint density at radius 1 is 1.16 bits per heavy atom. The van der Waals surface area contributed by atoms with Gasteiger partial charge in [-0.25, -0.2) is 0 Å². The Morgan fingerprint density at radius 2 is 2.00 bits per heavy atom. The molecule has 1 aliphatic heterocycles. The van der Waals surface area contributed by atoms with Gasteiger partial charge in [-0.3, -0.25) is 9.48 Å². The van der Waals surface area contributed by atoms with Crippen LogP contribution in [0, 0.1) is 0 Å². The average Bonchev–Trinajstić information content (AvgIpc) is 3.43. The second-order valence-electron chi connectivity index (χ2n) is 7.78. The van der Waals surface area contributed by atoms with E-state index >= 15 is 0 Å². The van der Waals surface area contributed by atoms with E-state index < -0.39 is 0 Å². The number of methoxy groups -OCH3 is 1. The average molecular weight is 429 g/mol. The van der Waals surface area contributed by atoms with Crippen molar-refractivity contribution in [2.24, 2.45) is 7.05 Å². The van der Waals surface area contributed by atoms with E-state index in [4.69, 9.17) is 9.26 Å². The van der Waals surface area contributed by atoms with Crippen LogP contribution in [0.1, 0.15) is 33.0 Å². The Kier molecular flexibility index (Phi) is 5.18. The predicted molar refractivity (Wildman–Crippen MR) is 117 cm³/mol. The number of rotatable bonds is 5. The van der Waals surface area contributed by atoms with Crippen LogP contribution in [0.25, 0.3) is 11.6 Å². The quantitative estimate of drug-likeness (QED) is 0.484. The largest absolute Gasteiger partial charge is 0.497 e. The first-order chi connectivity index (χ1) is 15.6. The van der Waals surface area contributed by atoms with E-state index in [2.05, 4.69) is 15.2 Å². The smallest absolute Gasteiger partial charge is 0.278 e. The minimum atomic E-state index is -0.0420. The highest BCUT2D eigenvalue weighted by molar-refractivity contribution is 5.94. The highest BCUT2D eigenvalue weighted by Crippen LogP contribution is 2.30. The van der Waals surface area contributed by atoms with Gasteiger partial charge in [-0.1, -0.05) is 41.6 Å². The molecule has 8 nitrogen and oxygen atoms in total. The number of carbonyl (C=O) groups excluding carboxylic acids is 1. The molecule has 4 aromatic rings. The summed E-state index contributed by atoms with van der Waals surface area (Å²) >= 11 is 0. The molecule has 0 spiro atoms. The van der Waals surface area contributed by atoms with Crippen molar-refractivity contribution in [1.29, 1.82) is 0 Å². The third kappa shape index (κ3) is 3.75. The summed E-state index contributed by atoms with van der Waals surface area (Å²) in [6.07, 6.45) is 1.29. The predicted octanol–water partition coefficient (Wildman–Crippen LogP) is 3.27. The van der Waals surface area contributed by atoms with Gasteiger partial charge in [0.25, 0.3) is 11.8 Å². The van der Waals surface area contributed by atoms with Crippen LogP contribution in [0.3, 0.4) is 0 Å². The maximum atomic E-state index is 13.1. The fourth-order valence-electron chi connectivity index (χ4n) is 4.08. The van der Waals surface area contributed by atoms with Crippen molar-refractivity contribution in [3.05, 3.63) is 82.8 Å². The summed E-state index contributed by atoms with van der Waals surface area (Å²) in [5.74, 6) is 1.60. The number of hydrogen-bond acceptors (Lipinski definition) is 6. The summed E-state index contributed by atoms with van der Waals surface area (Å²) in [4.78, 5) is 19.5. The van der Waals surface area contributed by atoms with E-state index in [1.165, 1.54) is 0 Å². The molecule has 2 aromatic heterocycles. The molecule has 32 heavy (non-hydrogen) atoms. The lowest BCUT2D eigenvalue weighted by Gasteiger charge is -2.27. The molecule has 0 bridgehead atoms. The molecule has 0 saturated carbocycles. The van der Waals surface area contributed by atoms with Crippen molar-refractivity contribution in [1.82, 2.24) is 24.8 Å². The number of hydrogen-bond donors (Lipinski definition) is 0. The van der Waals surface area contributed by atoms with Gasteiger partial charge in [0.1, 0.15) is 5.75 Å². The SMILES string of the molecule is COc1cccc(C(=O)N2CCc3c(c(-c4nc(Cc5ccccc5)no4)nn3C)C2)c1. The van der Waals surface area contributed by atoms with E-state index in [0.29, 0.717) is 54.7 Å². The highest BCUT2D eigenvalue weighted by Gasteiger charge is 2.30. The molecule has 0 aliphatic carbocycles. The molecule has 5 rings (SSSR count). The van der Waals surface area contributed by atoms with Crippen molar-refractivity contribution in [2.45, 2.75) is 19.4 Å². The zero-order valence-corrected chi connectivity index (χ0v) is 18.0. The van der Waals surface area contributed by atoms with Gasteiger partial charge in [-0.15, -0.1) is 0 Å². The molecule has 0 atom stereocenters. The van der Waals surface area contributed by atoms with E-state index in [1.807, 2.05) is 59.1 Å². The second-order valence-corrected chi connectivity index (χ2v) is 7.78. The normalized spacial score (nSPS) is 13.1. The minimum Gasteiger partial charge on any atom is -0.497 e. The molecule has 0 radical (unpaired) electrons. The molecule has 0 saturated heterocycles. The summed E-state index contributed by atoms with van der Waals surface area (Å²) in [5, 5.41) is 8.78. The number of amides is 1. The lowest BCUT2D eigenvalue weighted by Crippen LogP contribution is -2.36. The number of ether oxygens (including phenoxy) is 1. The highest BCUT2D eigenvalue weighted by atomic mass is 16.5. The van der Waals surface area contributed by atoms with Gasteiger partial charge >= 0.3 is 0 Å². The summed E-state index contributed by atoms with van der Waals surface area (Å²) < 4.78 is 12.7. The van der Waals surface area contributed by atoms with Crippen molar-refractivity contribution >= 4 is 5.91 Å². The van der Waals surface area contributed by atoms with Gasteiger partial charge < -0.3 is 14.2 Å². The summed E-state index contributed by atoms with van der Waals surface area (Å²) in [6, 6.07) is 17.2. The Balaban J connectivity index is 1.40. The van der Waals surface area contributed by atoms with Gasteiger partial charge in [0.05, 0.1) is 13.7 Å². The first kappa shape index (κ1) is 20.0. The van der Waals surface area contributed by atoms with Crippen LogP contribution in [0.2, 0.25) is 0 Å². The van der Waals surface area contributed by atoms with Crippen molar-refractivity contribution in [3.8, 4) is 17.3 Å². The molecular formula is C24H23N5O3. The van der Waals surface area contributed by atoms with Crippen LogP contribution in [-0.2, 0) is 26.4 Å². The fraction of sp³-hybridized carbons (Fsp3) is 0.250. The van der Waals surface area contributed by atoms with Gasteiger partial charge in [-0.2, -0.15) is 10.1 Å². The van der Waals surface area contributed by atoms with Crippen LogP contribution in [-0.4, -0.2) is 44.4 Å². The Hall–Kier alpha value is -3.94. The van der Waals surface area contributed by atoms with Crippen LogP contribution in [0.15, 0.2) is 59.1 Å². The van der Waals surface area contributed by atoms with Gasteiger partial charge in [0.2, 0.25) is 0 Å². The Morgan fingerprint density at radius 3 is 2.81 bits per heavy atom. The third-order valence-electron chi connectivity index (χ3n) is 5.72. The lowest BCUT2D eigenvalue weighted by molar-refractivity contribution is 0.0733. The maximum absolute atomic E-state index is 13.1. The number of aryl methyl sites for hydroxylation is 1. The summed E-state index contributed by atoms with van der Waals surface area (Å²) in [6.45, 7) is 1.05. The fourth-order valence-corrected chi connectivity index (χ4v) is 4.08. The molecule has 2 aromatic carbocycles. The number of benzene rings is 2. The van der Waals surface area contributed by atoms with Crippen LogP contribution >= 0.6 is 0 Å². The molecular weight excluding hydrogens is 406 g/mol. The van der Waals surface area contributed by atoms with Crippen molar-refractivity contribution < 1.29 is 14.1 Å². The van der Waals surface area contributed by atoms with Crippen LogP contribution in [0.4, 0.5) is 0 Å². The standard InChI is InChI=1S/C24H23N5O3/c1-28-20-11-12-29(24(30)17-9-6-10-18(14-17)31-2)15-19(20)22(26-28)23-25-21(27-32-23)13-16-7-4-3-5-8-16/h3-10,14H,11-13,15H2,1-2H3. The zero-order chi connectivity index (χ0) is 22.1. The Bertz CT molecular complexity index is 1260. The minimum absolute atomic E-state index is 0.0420. The topological polar surface area (TPSA) is 86.3 Å². The zero-order valence-electron chi connectivity index (χ0n) is 18.0. The first-order valence-corrected chi connectivity index (χ1v) is 10.5. The van der Waals surface area contributed by atoms with E-state index in [0.717, 1.165) is 16.8 Å². The number of fused-ring (bicyclic) bond motifs is 1. The lowest BCUT2D eigenvalue weighted by atomic mass is 10.0. The monoisotopic (exact) mass is 429 g/mol. The molecule has 162 valence electrons. The second kappa shape index (κ2) is 8.30. The molecule has 0 N–H and O–H groups in total. The molecule has 3 heterocycles. The van der Waals surface area contributed by atoms with Crippen LogP contribution in [0.5, 0.6) is 5.75 Å². The Labute approximate surface area is 185 Å². The van der Waals surface area contributed by atoms with Crippen molar-refractivity contribution in [2.75, 3.05) is 13.7 Å². The van der Waals surface area contributed by atoms with Gasteiger partial charge in [0, 0.05) is 43.3 Å². The summed E-state index contributed by atoms with van der Waals surface area (Å²) in [5.41, 5.74) is 4.37. The maximum Gasteiger partial charge on any atom is 0.278 e. The van der Waals surface area contributed by atoms with Gasteiger partial charge in [-0.05, 0) is 23.8 Å². The van der Waals surface area contributed by atoms with E-state index in [9.17, 15) is 4.79 Å². The molecule has 1 amide bonds.